The first-order chi connectivity index (χ1) is 8.64. The smallest absolute Gasteiger partial charge is 0.294 e. The molecule has 0 heterocycles. The van der Waals surface area contributed by atoms with Crippen molar-refractivity contribution in [2.45, 2.75) is 18.7 Å². The van der Waals surface area contributed by atoms with Crippen LogP contribution in [0.15, 0.2) is 52.8 Å². The summed E-state index contributed by atoms with van der Waals surface area (Å²) in [6.07, 6.45) is 0. The van der Waals surface area contributed by atoms with Gasteiger partial charge in [0.1, 0.15) is 0 Å². The molecule has 104 valence electrons. The summed E-state index contributed by atoms with van der Waals surface area (Å²) >= 11 is 0. The maximum absolute atomic E-state index is 10.9. The summed E-state index contributed by atoms with van der Waals surface area (Å²) in [5, 5.41) is 10.0. The Balaban J connectivity index is 3.12. The number of hydrogen-bond acceptors (Lipinski definition) is 4. The molecule has 0 fully saturated rings. The van der Waals surface area contributed by atoms with E-state index in [0.717, 1.165) is 5.57 Å². The van der Waals surface area contributed by atoms with E-state index in [1.54, 1.807) is 20.9 Å². The van der Waals surface area contributed by atoms with Gasteiger partial charge in [0.05, 0.1) is 4.90 Å². The van der Waals surface area contributed by atoms with Crippen LogP contribution in [0.2, 0.25) is 0 Å². The summed E-state index contributed by atoms with van der Waals surface area (Å²) in [5.74, 6) is 0.0344. The molecule has 0 bridgehead atoms. The van der Waals surface area contributed by atoms with Crippen LogP contribution in [-0.4, -0.2) is 25.1 Å². The molecule has 0 aliphatic rings. The van der Waals surface area contributed by atoms with Crippen molar-refractivity contribution in [1.82, 2.24) is 0 Å². The number of aliphatic hydroxyl groups excluding tert-OH is 1. The second kappa shape index (κ2) is 5.46. The predicted molar refractivity (Wildman–Crippen MR) is 74.8 cm³/mol. The third-order valence-electron chi connectivity index (χ3n) is 2.82. The lowest BCUT2D eigenvalue weighted by Gasteiger charge is -2.20. The third-order valence-corrected chi connectivity index (χ3v) is 3.68. The standard InChI is InChI=1S/C13H17NO4S/c1-9(2)10(3)13(15)14(4)11-5-7-12(8-6-11)19(16,17)18/h5-8,15H,1H2,2-4H3,(H,16,17,18)/b13-10+. The molecule has 6 heteroatoms. The van der Waals surface area contributed by atoms with Crippen LogP contribution in [-0.2, 0) is 10.1 Å². The SMILES string of the molecule is C=C(C)/C(C)=C(/O)N(C)c1ccc(S(=O)(=O)O)cc1. The summed E-state index contributed by atoms with van der Waals surface area (Å²) in [5.41, 5.74) is 1.96. The molecule has 0 unspecified atom stereocenters. The number of benzene rings is 1. The highest BCUT2D eigenvalue weighted by Crippen LogP contribution is 2.22. The molecular weight excluding hydrogens is 266 g/mol. The summed E-state index contributed by atoms with van der Waals surface area (Å²) in [7, 11) is -2.56. The van der Waals surface area contributed by atoms with Crippen LogP contribution >= 0.6 is 0 Å². The molecule has 0 aliphatic heterocycles. The van der Waals surface area contributed by atoms with Gasteiger partial charge in [0.2, 0.25) is 0 Å². The van der Waals surface area contributed by atoms with Gasteiger partial charge >= 0.3 is 0 Å². The third kappa shape index (κ3) is 3.59. The highest BCUT2D eigenvalue weighted by molar-refractivity contribution is 7.85. The molecule has 19 heavy (non-hydrogen) atoms. The van der Waals surface area contributed by atoms with Crippen molar-refractivity contribution in [2.24, 2.45) is 0 Å². The van der Waals surface area contributed by atoms with Gasteiger partial charge in [-0.2, -0.15) is 8.42 Å². The Morgan fingerprint density at radius 3 is 2.05 bits per heavy atom. The molecule has 0 saturated carbocycles. The van der Waals surface area contributed by atoms with Crippen LogP contribution in [0.3, 0.4) is 0 Å². The second-order valence-corrected chi connectivity index (χ2v) is 5.68. The molecule has 0 aliphatic carbocycles. The first kappa shape index (κ1) is 15.3. The number of rotatable bonds is 4. The van der Waals surface area contributed by atoms with E-state index in [-0.39, 0.29) is 10.8 Å². The molecule has 1 aromatic rings. The Morgan fingerprint density at radius 2 is 1.68 bits per heavy atom. The van der Waals surface area contributed by atoms with E-state index in [1.165, 1.54) is 29.2 Å². The zero-order valence-corrected chi connectivity index (χ0v) is 11.9. The molecule has 0 spiro atoms. The molecule has 2 N–H and O–H groups in total. The minimum absolute atomic E-state index is 0.0344. The second-order valence-electron chi connectivity index (χ2n) is 4.26. The van der Waals surface area contributed by atoms with Crippen molar-refractivity contribution in [3.8, 4) is 0 Å². The number of allylic oxidation sites excluding steroid dienone is 2. The van der Waals surface area contributed by atoms with Gasteiger partial charge in [-0.1, -0.05) is 12.2 Å². The molecule has 5 nitrogen and oxygen atoms in total. The quantitative estimate of drug-likeness (QED) is 0.504. The topological polar surface area (TPSA) is 77.8 Å². The van der Waals surface area contributed by atoms with E-state index in [4.69, 9.17) is 4.55 Å². The van der Waals surface area contributed by atoms with Crippen molar-refractivity contribution in [1.29, 1.82) is 0 Å². The van der Waals surface area contributed by atoms with Gasteiger partial charge in [0.25, 0.3) is 10.1 Å². The van der Waals surface area contributed by atoms with Gasteiger partial charge < -0.3 is 10.0 Å². The highest BCUT2D eigenvalue weighted by Gasteiger charge is 2.12. The average Bonchev–Trinajstić information content (AvgIpc) is 2.35. The van der Waals surface area contributed by atoms with Crippen molar-refractivity contribution in [3.63, 3.8) is 0 Å². The monoisotopic (exact) mass is 283 g/mol. The Labute approximate surface area is 113 Å². The van der Waals surface area contributed by atoms with Gasteiger partial charge in [0, 0.05) is 18.3 Å². The Morgan fingerprint density at radius 1 is 1.21 bits per heavy atom. The normalized spacial score (nSPS) is 12.8. The lowest BCUT2D eigenvalue weighted by molar-refractivity contribution is 0.391. The van der Waals surface area contributed by atoms with Crippen LogP contribution < -0.4 is 4.90 Å². The predicted octanol–water partition coefficient (Wildman–Crippen LogP) is 2.74. The Hall–Kier alpha value is -1.79. The largest absolute Gasteiger partial charge is 0.494 e. The Kier molecular flexibility index (Phi) is 4.39. The molecule has 0 atom stereocenters. The fourth-order valence-corrected chi connectivity index (χ4v) is 1.89. The zero-order chi connectivity index (χ0) is 14.8. The van der Waals surface area contributed by atoms with Crippen molar-refractivity contribution < 1.29 is 18.1 Å². The van der Waals surface area contributed by atoms with Crippen LogP contribution in [0.25, 0.3) is 0 Å². The molecule has 0 radical (unpaired) electrons. The van der Waals surface area contributed by atoms with E-state index in [9.17, 15) is 13.5 Å². The van der Waals surface area contributed by atoms with Gasteiger partial charge in [-0.05, 0) is 38.1 Å². The van der Waals surface area contributed by atoms with E-state index >= 15 is 0 Å². The van der Waals surface area contributed by atoms with Crippen molar-refractivity contribution >= 4 is 15.8 Å². The summed E-state index contributed by atoms with van der Waals surface area (Å²) in [6, 6.07) is 5.52. The van der Waals surface area contributed by atoms with E-state index in [1.807, 2.05) is 0 Å². The minimum atomic E-state index is -4.20. The van der Waals surface area contributed by atoms with Crippen LogP contribution in [0, 0.1) is 0 Å². The van der Waals surface area contributed by atoms with Gasteiger partial charge in [0.15, 0.2) is 5.88 Å². The molecule has 1 aromatic carbocycles. The molecule has 1 rings (SSSR count). The van der Waals surface area contributed by atoms with Gasteiger partial charge in [-0.25, -0.2) is 0 Å². The summed E-state index contributed by atoms with van der Waals surface area (Å²) in [6.45, 7) is 7.26. The van der Waals surface area contributed by atoms with Crippen LogP contribution in [0.1, 0.15) is 13.8 Å². The Bertz CT molecular complexity index is 615. The minimum Gasteiger partial charge on any atom is -0.494 e. The molecule has 0 aromatic heterocycles. The van der Waals surface area contributed by atoms with E-state index in [0.29, 0.717) is 11.3 Å². The number of anilines is 1. The van der Waals surface area contributed by atoms with Crippen molar-refractivity contribution in [2.75, 3.05) is 11.9 Å². The fraction of sp³-hybridized carbons (Fsp3) is 0.231. The first-order valence-electron chi connectivity index (χ1n) is 5.51. The average molecular weight is 283 g/mol. The number of nitrogens with zero attached hydrogens (tertiary/aromatic N) is 1. The summed E-state index contributed by atoms with van der Waals surface area (Å²) < 4.78 is 30.7. The lowest BCUT2D eigenvalue weighted by atomic mass is 10.1. The van der Waals surface area contributed by atoms with E-state index < -0.39 is 10.1 Å². The highest BCUT2D eigenvalue weighted by atomic mass is 32.2. The fourth-order valence-electron chi connectivity index (χ4n) is 1.41. The lowest BCUT2D eigenvalue weighted by Crippen LogP contribution is -2.18. The molecular formula is C13H17NO4S. The maximum atomic E-state index is 10.9. The van der Waals surface area contributed by atoms with Gasteiger partial charge in [-0.3, -0.25) is 4.55 Å². The van der Waals surface area contributed by atoms with Crippen molar-refractivity contribution in [3.05, 3.63) is 47.9 Å². The maximum Gasteiger partial charge on any atom is 0.294 e. The van der Waals surface area contributed by atoms with Crippen LogP contribution in [0.4, 0.5) is 5.69 Å². The summed E-state index contributed by atoms with van der Waals surface area (Å²) in [4.78, 5) is 1.31. The molecule has 0 saturated heterocycles. The van der Waals surface area contributed by atoms with Gasteiger partial charge in [-0.15, -0.1) is 0 Å². The zero-order valence-electron chi connectivity index (χ0n) is 11.1. The van der Waals surface area contributed by atoms with E-state index in [2.05, 4.69) is 6.58 Å². The first-order valence-corrected chi connectivity index (χ1v) is 6.95. The molecule has 0 amide bonds. The number of aliphatic hydroxyl groups is 1. The number of hydrogen-bond donors (Lipinski definition) is 2. The van der Waals surface area contributed by atoms with Crippen LogP contribution in [0.5, 0.6) is 0 Å².